The summed E-state index contributed by atoms with van der Waals surface area (Å²) in [7, 11) is 0. The van der Waals surface area contributed by atoms with Crippen molar-refractivity contribution in [3.05, 3.63) is 42.2 Å². The van der Waals surface area contributed by atoms with Crippen LogP contribution in [0.4, 0.5) is 0 Å². The Morgan fingerprint density at radius 3 is 2.76 bits per heavy atom. The number of hydrogen-bond acceptors (Lipinski definition) is 8. The molecule has 0 amide bonds. The monoisotopic (exact) mass is 467 g/mol. The molecular weight excluding hydrogens is 438 g/mol. The Hall–Kier alpha value is -2.42. The van der Waals surface area contributed by atoms with E-state index in [-0.39, 0.29) is 23.5 Å². The molecule has 1 aromatic heterocycles. The van der Waals surface area contributed by atoms with Gasteiger partial charge in [0.25, 0.3) is 0 Å². The molecule has 34 heavy (non-hydrogen) atoms. The second-order valence-corrected chi connectivity index (χ2v) is 11.4. The molecule has 8 atom stereocenters. The molecule has 4 bridgehead atoms. The molecule has 8 heteroatoms. The number of carbonyl (C=O) groups excluding carboxylic acids is 3. The molecule has 1 aromatic rings. The van der Waals surface area contributed by atoms with E-state index in [1.807, 2.05) is 13.8 Å². The SMILES string of the molecule is C=C1C(=O)[C@]23[C@H](OC(=O)c4cccnc4)[C@H]1CC[C@H]2[C@@]12CO[C@@]3(O)[C@@H](O)[C@@H]1C(C)(C)CCC2=O. The van der Waals surface area contributed by atoms with Crippen molar-refractivity contribution in [3.63, 3.8) is 0 Å². The zero-order valence-corrected chi connectivity index (χ0v) is 19.3. The number of aliphatic hydroxyl groups excluding tert-OH is 1. The molecule has 2 aliphatic heterocycles. The molecule has 180 valence electrons. The summed E-state index contributed by atoms with van der Waals surface area (Å²) in [5.74, 6) is -5.24. The van der Waals surface area contributed by atoms with E-state index in [0.717, 1.165) is 0 Å². The Balaban J connectivity index is 1.55. The standard InChI is InChI=1S/C26H29NO7/c1-13-15-6-7-16-24-12-33-26(32,20(30)18(24)23(2,3)9-8-17(24)28)25(16,19(13)29)21(15)34-22(31)14-5-4-10-27-11-14/h4-5,10-11,15-16,18,20-21,30,32H,1,6-9,12H2,2-3H3/t15-,16-,18+,20-,21+,24+,25-,26-/m0/s1. The summed E-state index contributed by atoms with van der Waals surface area (Å²) in [5.41, 5.74) is -2.93. The lowest BCUT2D eigenvalue weighted by Crippen LogP contribution is -2.85. The molecule has 2 N–H and O–H groups in total. The Kier molecular flexibility index (Phi) is 4.30. The van der Waals surface area contributed by atoms with Gasteiger partial charge in [-0.05, 0) is 48.3 Å². The number of fused-ring (bicyclic) bond motifs is 2. The van der Waals surface area contributed by atoms with Crippen LogP contribution in [0, 0.1) is 34.0 Å². The lowest BCUT2D eigenvalue weighted by Gasteiger charge is -2.72. The van der Waals surface area contributed by atoms with Gasteiger partial charge < -0.3 is 19.7 Å². The minimum Gasteiger partial charge on any atom is -0.457 e. The second-order valence-electron chi connectivity index (χ2n) is 11.4. The molecule has 4 saturated carbocycles. The highest BCUT2D eigenvalue weighted by Crippen LogP contribution is 2.76. The first-order valence-corrected chi connectivity index (χ1v) is 12.0. The molecule has 0 radical (unpaired) electrons. The summed E-state index contributed by atoms with van der Waals surface area (Å²) in [6.45, 7) is 7.92. The molecule has 6 fully saturated rings. The van der Waals surface area contributed by atoms with Crippen LogP contribution >= 0.6 is 0 Å². The molecule has 4 aliphatic carbocycles. The van der Waals surface area contributed by atoms with Gasteiger partial charge in [0.1, 0.15) is 23.4 Å². The third-order valence-corrected chi connectivity index (χ3v) is 9.75. The largest absolute Gasteiger partial charge is 0.457 e. The van der Waals surface area contributed by atoms with Crippen LogP contribution in [0.2, 0.25) is 0 Å². The number of pyridine rings is 1. The Bertz CT molecular complexity index is 1130. The van der Waals surface area contributed by atoms with Crippen LogP contribution in [0.1, 0.15) is 49.9 Å². The van der Waals surface area contributed by atoms with Crippen molar-refractivity contribution in [2.45, 2.75) is 57.5 Å². The molecule has 0 unspecified atom stereocenters. The molecule has 2 saturated heterocycles. The topological polar surface area (TPSA) is 123 Å². The normalized spacial score (nSPS) is 46.1. The van der Waals surface area contributed by atoms with Crippen molar-refractivity contribution in [3.8, 4) is 0 Å². The summed E-state index contributed by atoms with van der Waals surface area (Å²) in [4.78, 5) is 44.7. The van der Waals surface area contributed by atoms with E-state index in [0.29, 0.717) is 25.7 Å². The molecule has 0 aromatic carbocycles. The first-order chi connectivity index (χ1) is 16.0. The quantitative estimate of drug-likeness (QED) is 0.499. The Labute approximate surface area is 197 Å². The van der Waals surface area contributed by atoms with E-state index in [1.165, 1.54) is 12.4 Å². The predicted octanol–water partition coefficient (Wildman–Crippen LogP) is 1.84. The average Bonchev–Trinajstić information content (AvgIpc) is 2.93. The van der Waals surface area contributed by atoms with Crippen molar-refractivity contribution >= 4 is 17.5 Å². The number of aromatic nitrogens is 1. The third-order valence-electron chi connectivity index (χ3n) is 9.75. The summed E-state index contributed by atoms with van der Waals surface area (Å²) >= 11 is 0. The van der Waals surface area contributed by atoms with Gasteiger partial charge >= 0.3 is 5.97 Å². The minimum absolute atomic E-state index is 0.0527. The number of rotatable bonds is 2. The van der Waals surface area contributed by atoms with Gasteiger partial charge in [0.15, 0.2) is 5.78 Å². The van der Waals surface area contributed by atoms with Crippen molar-refractivity contribution in [2.75, 3.05) is 6.61 Å². The van der Waals surface area contributed by atoms with E-state index in [4.69, 9.17) is 9.47 Å². The van der Waals surface area contributed by atoms with Crippen LogP contribution < -0.4 is 0 Å². The van der Waals surface area contributed by atoms with E-state index in [2.05, 4.69) is 11.6 Å². The number of ketones is 2. The molecular formula is C26H29NO7. The highest BCUT2D eigenvalue weighted by atomic mass is 16.6. The van der Waals surface area contributed by atoms with Crippen LogP contribution in [0.15, 0.2) is 36.7 Å². The summed E-state index contributed by atoms with van der Waals surface area (Å²) in [5, 5.41) is 23.8. The van der Waals surface area contributed by atoms with Crippen molar-refractivity contribution in [1.82, 2.24) is 4.98 Å². The van der Waals surface area contributed by atoms with Gasteiger partial charge in [0.2, 0.25) is 5.79 Å². The fraction of sp³-hybridized carbons (Fsp3) is 0.615. The van der Waals surface area contributed by atoms with Crippen LogP contribution in [0.5, 0.6) is 0 Å². The fourth-order valence-corrected chi connectivity index (χ4v) is 8.43. The maximum Gasteiger partial charge on any atom is 0.340 e. The first kappa shape index (κ1) is 22.1. The van der Waals surface area contributed by atoms with E-state index in [9.17, 15) is 24.6 Å². The van der Waals surface area contributed by atoms with Gasteiger partial charge in [-0.25, -0.2) is 4.79 Å². The third kappa shape index (κ3) is 2.21. The summed E-state index contributed by atoms with van der Waals surface area (Å²) in [6, 6.07) is 3.16. The zero-order chi connectivity index (χ0) is 24.3. The average molecular weight is 468 g/mol. The predicted molar refractivity (Wildman–Crippen MR) is 117 cm³/mol. The Morgan fingerprint density at radius 1 is 1.29 bits per heavy atom. The van der Waals surface area contributed by atoms with Gasteiger partial charge in [-0.15, -0.1) is 0 Å². The second kappa shape index (κ2) is 6.62. The highest BCUT2D eigenvalue weighted by molar-refractivity contribution is 6.06. The number of nitrogens with zero attached hydrogens (tertiary/aromatic N) is 1. The zero-order valence-electron chi connectivity index (χ0n) is 19.3. The minimum atomic E-state index is -2.30. The molecule has 3 heterocycles. The lowest BCUT2D eigenvalue weighted by atomic mass is 9.36. The molecule has 2 spiro atoms. The van der Waals surface area contributed by atoms with E-state index < -0.39 is 63.7 Å². The number of esters is 1. The van der Waals surface area contributed by atoms with Gasteiger partial charge in [-0.2, -0.15) is 0 Å². The molecule has 8 nitrogen and oxygen atoms in total. The summed E-state index contributed by atoms with van der Waals surface area (Å²) in [6.07, 6.45) is 2.16. The van der Waals surface area contributed by atoms with Gasteiger partial charge in [0, 0.05) is 30.7 Å². The molecule has 7 rings (SSSR count). The number of Topliss-reactive ketones (excluding diaryl/α,β-unsaturated/α-hetero) is 2. The van der Waals surface area contributed by atoms with Crippen molar-refractivity contribution in [1.29, 1.82) is 0 Å². The smallest absolute Gasteiger partial charge is 0.340 e. The van der Waals surface area contributed by atoms with Gasteiger partial charge in [-0.1, -0.05) is 20.4 Å². The van der Waals surface area contributed by atoms with E-state index in [1.54, 1.807) is 12.1 Å². The first-order valence-electron chi connectivity index (χ1n) is 12.0. The van der Waals surface area contributed by atoms with Gasteiger partial charge in [0.05, 0.1) is 17.6 Å². The van der Waals surface area contributed by atoms with Crippen LogP contribution in [0.25, 0.3) is 0 Å². The summed E-state index contributed by atoms with van der Waals surface area (Å²) < 4.78 is 11.9. The number of hydrogen-bond donors (Lipinski definition) is 2. The number of ether oxygens (including phenoxy) is 2. The maximum atomic E-state index is 14.0. The number of aliphatic hydroxyl groups is 2. The van der Waals surface area contributed by atoms with Crippen LogP contribution in [0.3, 0.4) is 0 Å². The highest BCUT2D eigenvalue weighted by Gasteiger charge is 2.88. The van der Waals surface area contributed by atoms with Crippen LogP contribution in [-0.2, 0) is 19.1 Å². The molecule has 6 aliphatic rings. The van der Waals surface area contributed by atoms with Gasteiger partial charge in [-0.3, -0.25) is 14.6 Å². The number of carbonyl (C=O) groups is 3. The van der Waals surface area contributed by atoms with Crippen molar-refractivity contribution < 1.29 is 34.1 Å². The van der Waals surface area contributed by atoms with Crippen molar-refractivity contribution in [2.24, 2.45) is 34.0 Å². The maximum absolute atomic E-state index is 14.0. The lowest BCUT2D eigenvalue weighted by molar-refractivity contribution is -0.436. The van der Waals surface area contributed by atoms with E-state index >= 15 is 0 Å². The fourth-order valence-electron chi connectivity index (χ4n) is 8.43. The van der Waals surface area contributed by atoms with Crippen LogP contribution in [-0.4, -0.2) is 57.3 Å². The Morgan fingerprint density at radius 2 is 2.06 bits per heavy atom.